The molecule has 0 fully saturated rings. The number of hydrogen-bond donors (Lipinski definition) is 2. The van der Waals surface area contributed by atoms with Crippen molar-refractivity contribution in [2.75, 3.05) is 40.5 Å². The summed E-state index contributed by atoms with van der Waals surface area (Å²) in [5, 5.41) is 6.54. The lowest BCUT2D eigenvalue weighted by molar-refractivity contribution is 0.208. The Morgan fingerprint density at radius 1 is 1.23 bits per heavy atom. The van der Waals surface area contributed by atoms with Crippen molar-refractivity contribution in [3.8, 4) is 5.75 Å². The first-order valence-electron chi connectivity index (χ1n) is 7.35. The fourth-order valence-corrected chi connectivity index (χ4v) is 1.94. The monoisotopic (exact) mass is 421 g/mol. The van der Waals surface area contributed by atoms with Crippen LogP contribution in [0.3, 0.4) is 0 Å². The smallest absolute Gasteiger partial charge is 0.191 e. The van der Waals surface area contributed by atoms with Crippen molar-refractivity contribution in [3.05, 3.63) is 29.3 Å². The van der Waals surface area contributed by atoms with Gasteiger partial charge < -0.3 is 20.1 Å². The summed E-state index contributed by atoms with van der Waals surface area (Å²) in [7, 11) is 3.39. The number of guanidine groups is 1. The Labute approximate surface area is 150 Å². The summed E-state index contributed by atoms with van der Waals surface area (Å²) in [6.07, 6.45) is 0.922. The summed E-state index contributed by atoms with van der Waals surface area (Å²) >= 11 is 0. The zero-order chi connectivity index (χ0) is 15.5. The van der Waals surface area contributed by atoms with Crippen molar-refractivity contribution in [2.45, 2.75) is 20.3 Å². The number of nitrogens with zero attached hydrogens (tertiary/aromatic N) is 1. The lowest BCUT2D eigenvalue weighted by Crippen LogP contribution is -2.38. The second-order valence-corrected chi connectivity index (χ2v) is 4.73. The van der Waals surface area contributed by atoms with Gasteiger partial charge in [0.2, 0.25) is 0 Å². The SMILES string of the molecule is CCNC(=NCCOC)NCCc1ccc(C)c(OC)c1.I. The first-order chi connectivity index (χ1) is 10.2. The highest BCUT2D eigenvalue weighted by molar-refractivity contribution is 14.0. The summed E-state index contributed by atoms with van der Waals surface area (Å²) in [5.41, 5.74) is 2.40. The molecule has 0 amide bonds. The first-order valence-corrected chi connectivity index (χ1v) is 7.35. The van der Waals surface area contributed by atoms with E-state index in [1.54, 1.807) is 14.2 Å². The van der Waals surface area contributed by atoms with E-state index in [0.29, 0.717) is 13.2 Å². The molecule has 0 aliphatic carbocycles. The number of benzene rings is 1. The highest BCUT2D eigenvalue weighted by Gasteiger charge is 2.01. The normalized spacial score (nSPS) is 10.8. The van der Waals surface area contributed by atoms with Crippen LogP contribution in [0.5, 0.6) is 5.75 Å². The van der Waals surface area contributed by atoms with Gasteiger partial charge >= 0.3 is 0 Å². The fourth-order valence-electron chi connectivity index (χ4n) is 1.94. The molecule has 0 spiro atoms. The fraction of sp³-hybridized carbons (Fsp3) is 0.562. The number of hydrogen-bond acceptors (Lipinski definition) is 3. The lowest BCUT2D eigenvalue weighted by Gasteiger charge is -2.12. The third kappa shape index (κ3) is 7.84. The number of aryl methyl sites for hydroxylation is 1. The first kappa shape index (κ1) is 21.0. The molecule has 0 aliphatic rings. The van der Waals surface area contributed by atoms with Crippen LogP contribution in [-0.4, -0.2) is 46.4 Å². The Balaban J connectivity index is 0.00000441. The highest BCUT2D eigenvalue weighted by atomic mass is 127. The molecule has 0 unspecified atom stereocenters. The van der Waals surface area contributed by atoms with Crippen LogP contribution in [0.1, 0.15) is 18.1 Å². The van der Waals surface area contributed by atoms with Crippen LogP contribution in [-0.2, 0) is 11.2 Å². The predicted octanol–water partition coefficient (Wildman–Crippen LogP) is 2.37. The average Bonchev–Trinajstić information content (AvgIpc) is 2.49. The summed E-state index contributed by atoms with van der Waals surface area (Å²) in [6, 6.07) is 6.31. The predicted molar refractivity (Wildman–Crippen MR) is 103 cm³/mol. The Hall–Kier alpha value is -1.02. The maximum Gasteiger partial charge on any atom is 0.191 e. The average molecular weight is 421 g/mol. The zero-order valence-electron chi connectivity index (χ0n) is 13.9. The summed E-state index contributed by atoms with van der Waals surface area (Å²) in [5.74, 6) is 1.77. The number of rotatable bonds is 8. The van der Waals surface area contributed by atoms with Gasteiger partial charge in [0.15, 0.2) is 5.96 Å². The highest BCUT2D eigenvalue weighted by Crippen LogP contribution is 2.18. The van der Waals surface area contributed by atoms with Gasteiger partial charge in [-0.25, -0.2) is 0 Å². The number of nitrogens with one attached hydrogen (secondary N) is 2. The Bertz CT molecular complexity index is 453. The minimum atomic E-state index is 0. The Morgan fingerprint density at radius 2 is 2.00 bits per heavy atom. The molecule has 126 valence electrons. The molecule has 0 aromatic heterocycles. The second-order valence-electron chi connectivity index (χ2n) is 4.73. The van der Waals surface area contributed by atoms with Crippen LogP contribution in [0.2, 0.25) is 0 Å². The molecule has 0 atom stereocenters. The molecule has 1 aromatic rings. The molecule has 1 aromatic carbocycles. The van der Waals surface area contributed by atoms with Crippen molar-refractivity contribution >= 4 is 29.9 Å². The van der Waals surface area contributed by atoms with Crippen LogP contribution < -0.4 is 15.4 Å². The molecule has 0 bridgehead atoms. The van der Waals surface area contributed by atoms with Crippen molar-refractivity contribution in [2.24, 2.45) is 4.99 Å². The van der Waals surface area contributed by atoms with E-state index < -0.39 is 0 Å². The molecule has 0 radical (unpaired) electrons. The van der Waals surface area contributed by atoms with Gasteiger partial charge in [0.1, 0.15) is 5.75 Å². The van der Waals surface area contributed by atoms with E-state index >= 15 is 0 Å². The molecule has 0 saturated heterocycles. The molecule has 0 aliphatic heterocycles. The standard InChI is InChI=1S/C16H27N3O2.HI/c1-5-17-16(19-10-11-20-3)18-9-8-14-7-6-13(2)15(12-14)21-4;/h6-7,12H,5,8-11H2,1-4H3,(H2,17,18,19);1H. The van der Waals surface area contributed by atoms with E-state index in [0.717, 1.165) is 36.8 Å². The Morgan fingerprint density at radius 3 is 2.64 bits per heavy atom. The van der Waals surface area contributed by atoms with Crippen molar-refractivity contribution in [3.63, 3.8) is 0 Å². The van der Waals surface area contributed by atoms with E-state index in [-0.39, 0.29) is 24.0 Å². The second kappa shape index (κ2) is 12.5. The molecule has 22 heavy (non-hydrogen) atoms. The van der Waals surface area contributed by atoms with Crippen LogP contribution in [0.25, 0.3) is 0 Å². The number of methoxy groups -OCH3 is 2. The third-order valence-electron chi connectivity index (χ3n) is 3.09. The van der Waals surface area contributed by atoms with E-state index in [4.69, 9.17) is 9.47 Å². The molecule has 6 heteroatoms. The largest absolute Gasteiger partial charge is 0.496 e. The molecule has 0 saturated carbocycles. The molecule has 1 rings (SSSR count). The molecule has 2 N–H and O–H groups in total. The van der Waals surface area contributed by atoms with Gasteiger partial charge in [0.25, 0.3) is 0 Å². The zero-order valence-corrected chi connectivity index (χ0v) is 16.3. The van der Waals surface area contributed by atoms with Gasteiger partial charge in [-0.3, -0.25) is 4.99 Å². The van der Waals surface area contributed by atoms with E-state index in [9.17, 15) is 0 Å². The van der Waals surface area contributed by atoms with E-state index in [1.165, 1.54) is 5.56 Å². The van der Waals surface area contributed by atoms with Crippen LogP contribution >= 0.6 is 24.0 Å². The van der Waals surface area contributed by atoms with Gasteiger partial charge in [-0.05, 0) is 37.5 Å². The summed E-state index contributed by atoms with van der Waals surface area (Å²) < 4.78 is 10.4. The molecular weight excluding hydrogens is 393 g/mol. The van der Waals surface area contributed by atoms with Crippen molar-refractivity contribution in [1.29, 1.82) is 0 Å². The van der Waals surface area contributed by atoms with Gasteiger partial charge in [-0.2, -0.15) is 0 Å². The molecular formula is C16H28IN3O2. The topological polar surface area (TPSA) is 54.9 Å². The summed E-state index contributed by atoms with van der Waals surface area (Å²) in [6.45, 7) is 7.06. The van der Waals surface area contributed by atoms with Gasteiger partial charge in [0, 0.05) is 20.2 Å². The van der Waals surface area contributed by atoms with Crippen LogP contribution in [0.15, 0.2) is 23.2 Å². The molecule has 0 heterocycles. The van der Waals surface area contributed by atoms with Crippen LogP contribution in [0, 0.1) is 6.92 Å². The third-order valence-corrected chi connectivity index (χ3v) is 3.09. The van der Waals surface area contributed by atoms with Crippen LogP contribution in [0.4, 0.5) is 0 Å². The maximum atomic E-state index is 5.35. The van der Waals surface area contributed by atoms with Crippen molar-refractivity contribution < 1.29 is 9.47 Å². The lowest BCUT2D eigenvalue weighted by atomic mass is 10.1. The Kier molecular flexibility index (Phi) is 11.9. The van der Waals surface area contributed by atoms with Gasteiger partial charge in [0.05, 0.1) is 20.3 Å². The minimum absolute atomic E-state index is 0. The number of aliphatic imine (C=N–C) groups is 1. The van der Waals surface area contributed by atoms with E-state index in [2.05, 4.69) is 40.7 Å². The number of halogens is 1. The number of ether oxygens (including phenoxy) is 2. The van der Waals surface area contributed by atoms with Crippen molar-refractivity contribution in [1.82, 2.24) is 10.6 Å². The van der Waals surface area contributed by atoms with Gasteiger partial charge in [-0.1, -0.05) is 12.1 Å². The summed E-state index contributed by atoms with van der Waals surface area (Å²) in [4.78, 5) is 4.43. The van der Waals surface area contributed by atoms with Gasteiger partial charge in [-0.15, -0.1) is 24.0 Å². The molecule has 5 nitrogen and oxygen atoms in total. The van der Waals surface area contributed by atoms with E-state index in [1.807, 2.05) is 6.92 Å². The maximum absolute atomic E-state index is 5.35. The quantitative estimate of drug-likeness (QED) is 0.293. The minimum Gasteiger partial charge on any atom is -0.496 e.